The fourth-order valence-electron chi connectivity index (χ4n) is 3.41. The Bertz CT molecular complexity index is 494. The van der Waals surface area contributed by atoms with E-state index >= 15 is 0 Å². The van der Waals surface area contributed by atoms with Crippen molar-refractivity contribution in [1.29, 1.82) is 0 Å². The summed E-state index contributed by atoms with van der Waals surface area (Å²) in [6.45, 7) is 1.89. The van der Waals surface area contributed by atoms with E-state index in [1.54, 1.807) is 12.1 Å². The van der Waals surface area contributed by atoms with Gasteiger partial charge in [-0.1, -0.05) is 25.0 Å². The molecule has 0 radical (unpaired) electrons. The van der Waals surface area contributed by atoms with Crippen LogP contribution in [0.25, 0.3) is 0 Å². The van der Waals surface area contributed by atoms with Crippen molar-refractivity contribution in [3.05, 3.63) is 35.6 Å². The van der Waals surface area contributed by atoms with E-state index < -0.39 is 6.10 Å². The quantitative estimate of drug-likeness (QED) is 0.896. The summed E-state index contributed by atoms with van der Waals surface area (Å²) in [5.74, 6) is 0.0967. The molecule has 0 spiro atoms. The van der Waals surface area contributed by atoms with Crippen molar-refractivity contribution in [1.82, 2.24) is 10.6 Å². The van der Waals surface area contributed by atoms with Gasteiger partial charge >= 0.3 is 0 Å². The van der Waals surface area contributed by atoms with Gasteiger partial charge < -0.3 is 15.4 Å². The SMILES string of the molecule is O=C(NC(c1ccc(F)cc1)C1CCCC1)C1CNCCO1. The summed E-state index contributed by atoms with van der Waals surface area (Å²) in [4.78, 5) is 12.5. The largest absolute Gasteiger partial charge is 0.366 e. The van der Waals surface area contributed by atoms with Crippen LogP contribution in [0.3, 0.4) is 0 Å². The highest BCUT2D eigenvalue weighted by molar-refractivity contribution is 5.81. The number of benzene rings is 1. The number of hydrogen-bond donors (Lipinski definition) is 2. The summed E-state index contributed by atoms with van der Waals surface area (Å²) < 4.78 is 18.7. The molecule has 2 unspecified atom stereocenters. The predicted molar refractivity (Wildman–Crippen MR) is 81.9 cm³/mol. The molecule has 2 aliphatic rings. The van der Waals surface area contributed by atoms with Crippen LogP contribution in [0.1, 0.15) is 37.3 Å². The Morgan fingerprint density at radius 2 is 2.00 bits per heavy atom. The second-order valence-electron chi connectivity index (χ2n) is 6.15. The van der Waals surface area contributed by atoms with Crippen molar-refractivity contribution in [2.24, 2.45) is 5.92 Å². The van der Waals surface area contributed by atoms with Crippen LogP contribution in [0.5, 0.6) is 0 Å². The van der Waals surface area contributed by atoms with Gasteiger partial charge in [0.05, 0.1) is 12.6 Å². The number of carbonyl (C=O) groups excluding carboxylic acids is 1. The number of halogens is 1. The number of hydrogen-bond acceptors (Lipinski definition) is 3. The summed E-state index contributed by atoms with van der Waals surface area (Å²) in [6, 6.07) is 6.42. The molecule has 1 aliphatic heterocycles. The van der Waals surface area contributed by atoms with Crippen LogP contribution in [0.4, 0.5) is 4.39 Å². The van der Waals surface area contributed by atoms with Crippen LogP contribution in [0.2, 0.25) is 0 Å². The van der Waals surface area contributed by atoms with E-state index in [0.29, 0.717) is 19.1 Å². The van der Waals surface area contributed by atoms with Gasteiger partial charge in [0.1, 0.15) is 11.9 Å². The third-order valence-corrected chi connectivity index (χ3v) is 4.62. The monoisotopic (exact) mass is 306 g/mol. The first-order valence-electron chi connectivity index (χ1n) is 8.12. The number of nitrogens with one attached hydrogen (secondary N) is 2. The molecular weight excluding hydrogens is 283 g/mol. The molecule has 120 valence electrons. The van der Waals surface area contributed by atoms with Gasteiger partial charge in [0.15, 0.2) is 0 Å². The van der Waals surface area contributed by atoms with Crippen LogP contribution in [0.15, 0.2) is 24.3 Å². The minimum atomic E-state index is -0.432. The van der Waals surface area contributed by atoms with Crippen molar-refractivity contribution in [2.45, 2.75) is 37.8 Å². The standard InChI is InChI=1S/C17H23FN2O2/c18-14-7-5-13(6-8-14)16(12-3-1-2-4-12)20-17(21)15-11-19-9-10-22-15/h5-8,12,15-16,19H,1-4,9-11H2,(H,20,21). The summed E-state index contributed by atoms with van der Waals surface area (Å²) >= 11 is 0. The highest BCUT2D eigenvalue weighted by atomic mass is 19.1. The summed E-state index contributed by atoms with van der Waals surface area (Å²) in [5.41, 5.74) is 0.977. The zero-order chi connectivity index (χ0) is 15.4. The van der Waals surface area contributed by atoms with Gasteiger partial charge in [0.2, 0.25) is 0 Å². The average Bonchev–Trinajstić information content (AvgIpc) is 3.08. The molecule has 1 heterocycles. The molecule has 2 N–H and O–H groups in total. The topological polar surface area (TPSA) is 50.4 Å². The van der Waals surface area contributed by atoms with Crippen molar-refractivity contribution in [2.75, 3.05) is 19.7 Å². The minimum Gasteiger partial charge on any atom is -0.366 e. The molecule has 1 aromatic rings. The molecule has 1 aliphatic carbocycles. The first kappa shape index (κ1) is 15.4. The van der Waals surface area contributed by atoms with Crippen LogP contribution >= 0.6 is 0 Å². The maximum absolute atomic E-state index is 13.2. The number of amides is 1. The smallest absolute Gasteiger partial charge is 0.250 e. The minimum absolute atomic E-state index is 0.0545. The molecule has 2 atom stereocenters. The molecule has 5 heteroatoms. The molecule has 1 saturated heterocycles. The van der Waals surface area contributed by atoms with E-state index in [4.69, 9.17) is 4.74 Å². The lowest BCUT2D eigenvalue weighted by atomic mass is 9.91. The molecule has 0 bridgehead atoms. The fraction of sp³-hybridized carbons (Fsp3) is 0.588. The molecule has 2 fully saturated rings. The van der Waals surface area contributed by atoms with Crippen LogP contribution in [-0.4, -0.2) is 31.7 Å². The summed E-state index contributed by atoms with van der Waals surface area (Å²) in [7, 11) is 0. The predicted octanol–water partition coefficient (Wildman–Crippen LogP) is 2.16. The molecule has 22 heavy (non-hydrogen) atoms. The van der Waals surface area contributed by atoms with E-state index in [0.717, 1.165) is 24.9 Å². The molecule has 3 rings (SSSR count). The Kier molecular flexibility index (Phi) is 5.05. The second kappa shape index (κ2) is 7.20. The Morgan fingerprint density at radius 3 is 2.64 bits per heavy atom. The van der Waals surface area contributed by atoms with E-state index in [1.807, 2.05) is 0 Å². The summed E-state index contributed by atoms with van der Waals surface area (Å²) in [5, 5.41) is 6.31. The van der Waals surface area contributed by atoms with Gasteiger partial charge in [-0.05, 0) is 36.5 Å². The Morgan fingerprint density at radius 1 is 1.27 bits per heavy atom. The average molecular weight is 306 g/mol. The highest BCUT2D eigenvalue weighted by Crippen LogP contribution is 2.35. The lowest BCUT2D eigenvalue weighted by molar-refractivity contribution is -0.135. The highest BCUT2D eigenvalue weighted by Gasteiger charge is 2.30. The van der Waals surface area contributed by atoms with Crippen molar-refractivity contribution >= 4 is 5.91 Å². The number of rotatable bonds is 4. The number of morpholine rings is 1. The summed E-state index contributed by atoms with van der Waals surface area (Å²) in [6.07, 6.45) is 4.16. The molecular formula is C17H23FN2O2. The maximum atomic E-state index is 13.2. The zero-order valence-corrected chi connectivity index (χ0v) is 12.7. The lowest BCUT2D eigenvalue weighted by Crippen LogP contribution is -2.49. The normalized spacial score (nSPS) is 24.1. The van der Waals surface area contributed by atoms with Crippen molar-refractivity contribution in [3.63, 3.8) is 0 Å². The van der Waals surface area contributed by atoms with Crippen molar-refractivity contribution in [3.8, 4) is 0 Å². The van der Waals surface area contributed by atoms with E-state index in [1.165, 1.54) is 25.0 Å². The Hall–Kier alpha value is -1.46. The Labute approximate surface area is 130 Å². The van der Waals surface area contributed by atoms with Gasteiger partial charge in [-0.15, -0.1) is 0 Å². The molecule has 0 aromatic heterocycles. The van der Waals surface area contributed by atoms with E-state index in [9.17, 15) is 9.18 Å². The lowest BCUT2D eigenvalue weighted by Gasteiger charge is -2.29. The van der Waals surface area contributed by atoms with Gasteiger partial charge in [-0.3, -0.25) is 4.79 Å². The second-order valence-corrected chi connectivity index (χ2v) is 6.15. The maximum Gasteiger partial charge on any atom is 0.250 e. The van der Waals surface area contributed by atoms with Gasteiger partial charge in [-0.25, -0.2) is 4.39 Å². The fourth-order valence-corrected chi connectivity index (χ4v) is 3.41. The first-order valence-corrected chi connectivity index (χ1v) is 8.12. The van der Waals surface area contributed by atoms with Crippen LogP contribution < -0.4 is 10.6 Å². The molecule has 1 amide bonds. The van der Waals surface area contributed by atoms with Crippen LogP contribution in [0, 0.1) is 11.7 Å². The van der Waals surface area contributed by atoms with E-state index in [-0.39, 0.29) is 17.8 Å². The third kappa shape index (κ3) is 3.65. The van der Waals surface area contributed by atoms with Gasteiger partial charge in [0.25, 0.3) is 5.91 Å². The molecule has 1 saturated carbocycles. The molecule has 4 nitrogen and oxygen atoms in total. The van der Waals surface area contributed by atoms with Gasteiger partial charge in [-0.2, -0.15) is 0 Å². The number of carbonyl (C=O) groups is 1. The Balaban J connectivity index is 1.73. The van der Waals surface area contributed by atoms with Crippen LogP contribution in [-0.2, 0) is 9.53 Å². The van der Waals surface area contributed by atoms with Gasteiger partial charge in [0, 0.05) is 13.1 Å². The zero-order valence-electron chi connectivity index (χ0n) is 12.7. The third-order valence-electron chi connectivity index (χ3n) is 4.62. The first-order chi connectivity index (χ1) is 10.7. The van der Waals surface area contributed by atoms with E-state index in [2.05, 4.69) is 10.6 Å². The van der Waals surface area contributed by atoms with Crippen molar-refractivity contribution < 1.29 is 13.9 Å². The molecule has 1 aromatic carbocycles. The number of ether oxygens (including phenoxy) is 1.